The summed E-state index contributed by atoms with van der Waals surface area (Å²) in [6.45, 7) is 3.90. The quantitative estimate of drug-likeness (QED) is 0.875. The fourth-order valence-corrected chi connectivity index (χ4v) is 2.63. The molecule has 0 radical (unpaired) electrons. The predicted octanol–water partition coefficient (Wildman–Crippen LogP) is 2.91. The molecule has 7 heteroatoms. The van der Waals surface area contributed by atoms with Crippen molar-refractivity contribution in [2.24, 2.45) is 5.92 Å². The number of rotatable bonds is 4. The van der Waals surface area contributed by atoms with Gasteiger partial charge in [0.2, 0.25) is 0 Å². The van der Waals surface area contributed by atoms with Crippen LogP contribution in [0.1, 0.15) is 13.3 Å². The first-order valence-corrected chi connectivity index (χ1v) is 7.40. The van der Waals surface area contributed by atoms with E-state index < -0.39 is 0 Å². The normalized spacial score (nSPS) is 21.3. The van der Waals surface area contributed by atoms with Gasteiger partial charge in [-0.15, -0.1) is 12.4 Å². The molecule has 1 aromatic carbocycles. The van der Waals surface area contributed by atoms with Crippen molar-refractivity contribution in [1.29, 1.82) is 0 Å². The second kappa shape index (κ2) is 8.69. The smallest absolute Gasteiger partial charge is 0.258 e. The van der Waals surface area contributed by atoms with Crippen LogP contribution in [0.5, 0.6) is 5.75 Å². The van der Waals surface area contributed by atoms with E-state index in [9.17, 15) is 4.79 Å². The molecule has 0 saturated carbocycles. The van der Waals surface area contributed by atoms with Gasteiger partial charge in [0.25, 0.3) is 5.91 Å². The molecule has 0 aliphatic carbocycles. The number of carbonyl (C=O) groups excluding carboxylic acids is 1. The fraction of sp³-hybridized carbons (Fsp3) is 0.500. The minimum atomic E-state index is -0.142. The van der Waals surface area contributed by atoms with Gasteiger partial charge in [0.05, 0.1) is 5.02 Å². The van der Waals surface area contributed by atoms with Crippen LogP contribution in [0.3, 0.4) is 0 Å². The van der Waals surface area contributed by atoms with E-state index in [1.54, 1.807) is 18.2 Å². The lowest BCUT2D eigenvalue weighted by atomic mass is 9.95. The maximum atomic E-state index is 11.9. The molecular weight excluding hydrogens is 335 g/mol. The minimum Gasteiger partial charge on any atom is -0.482 e. The van der Waals surface area contributed by atoms with Crippen molar-refractivity contribution in [2.75, 3.05) is 19.7 Å². The van der Waals surface area contributed by atoms with Crippen molar-refractivity contribution in [3.05, 3.63) is 28.2 Å². The van der Waals surface area contributed by atoms with Crippen LogP contribution in [0.2, 0.25) is 10.0 Å². The highest BCUT2D eigenvalue weighted by atomic mass is 35.5. The Bertz CT molecular complexity index is 485. The summed E-state index contributed by atoms with van der Waals surface area (Å²) < 4.78 is 5.41. The van der Waals surface area contributed by atoms with E-state index in [-0.39, 0.29) is 31.0 Å². The van der Waals surface area contributed by atoms with E-state index in [4.69, 9.17) is 27.9 Å². The summed E-state index contributed by atoms with van der Waals surface area (Å²) in [4.78, 5) is 11.9. The SMILES string of the molecule is CC1CCNCC1NC(=O)COc1ccc(Cl)cc1Cl.Cl. The number of piperidine rings is 1. The van der Waals surface area contributed by atoms with E-state index in [0.717, 1.165) is 19.5 Å². The third-order valence-corrected chi connectivity index (χ3v) is 3.96. The Balaban J connectivity index is 0.00000220. The molecule has 2 unspecified atom stereocenters. The first-order chi connectivity index (χ1) is 9.56. The maximum Gasteiger partial charge on any atom is 0.258 e. The molecule has 1 aliphatic heterocycles. The van der Waals surface area contributed by atoms with Crippen molar-refractivity contribution < 1.29 is 9.53 Å². The molecule has 0 aromatic heterocycles. The Morgan fingerprint density at radius 1 is 1.48 bits per heavy atom. The Kier molecular flexibility index (Phi) is 7.60. The average molecular weight is 354 g/mol. The molecule has 1 aromatic rings. The molecular formula is C14H19Cl3N2O2. The highest BCUT2D eigenvalue weighted by molar-refractivity contribution is 6.35. The van der Waals surface area contributed by atoms with E-state index in [1.165, 1.54) is 0 Å². The zero-order valence-electron chi connectivity index (χ0n) is 11.7. The summed E-state index contributed by atoms with van der Waals surface area (Å²) in [6.07, 6.45) is 1.06. The number of ether oxygens (including phenoxy) is 1. The van der Waals surface area contributed by atoms with Crippen LogP contribution in [0.25, 0.3) is 0 Å². The number of amides is 1. The van der Waals surface area contributed by atoms with Crippen molar-refractivity contribution in [3.63, 3.8) is 0 Å². The highest BCUT2D eigenvalue weighted by Gasteiger charge is 2.22. The van der Waals surface area contributed by atoms with Gasteiger partial charge in [0.1, 0.15) is 5.75 Å². The lowest BCUT2D eigenvalue weighted by Crippen LogP contribution is -2.51. The van der Waals surface area contributed by atoms with Crippen LogP contribution < -0.4 is 15.4 Å². The minimum absolute atomic E-state index is 0. The van der Waals surface area contributed by atoms with E-state index in [0.29, 0.717) is 21.7 Å². The van der Waals surface area contributed by atoms with Crippen LogP contribution in [0.15, 0.2) is 18.2 Å². The molecule has 2 atom stereocenters. The van der Waals surface area contributed by atoms with E-state index in [2.05, 4.69) is 17.6 Å². The zero-order chi connectivity index (χ0) is 14.5. The summed E-state index contributed by atoms with van der Waals surface area (Å²) >= 11 is 11.8. The van der Waals surface area contributed by atoms with Crippen molar-refractivity contribution >= 4 is 41.5 Å². The number of nitrogens with one attached hydrogen (secondary N) is 2. The second-order valence-corrected chi connectivity index (χ2v) is 5.85. The number of hydrogen-bond donors (Lipinski definition) is 2. The summed E-state index contributed by atoms with van der Waals surface area (Å²) in [6, 6.07) is 5.07. The topological polar surface area (TPSA) is 50.4 Å². The molecule has 0 spiro atoms. The van der Waals surface area contributed by atoms with Crippen LogP contribution in [0.4, 0.5) is 0 Å². The van der Waals surface area contributed by atoms with Crippen molar-refractivity contribution in [1.82, 2.24) is 10.6 Å². The standard InChI is InChI=1S/C14H18Cl2N2O2.ClH/c1-9-4-5-17-7-12(9)18-14(19)8-20-13-3-2-10(15)6-11(13)16;/h2-3,6,9,12,17H,4-5,7-8H2,1H3,(H,18,19);1H. The van der Waals surface area contributed by atoms with Crippen LogP contribution >= 0.6 is 35.6 Å². The number of carbonyl (C=O) groups is 1. The Hall–Kier alpha value is -0.680. The first-order valence-electron chi connectivity index (χ1n) is 6.64. The van der Waals surface area contributed by atoms with Crippen LogP contribution in [-0.2, 0) is 4.79 Å². The average Bonchev–Trinajstić information content (AvgIpc) is 2.40. The number of hydrogen-bond acceptors (Lipinski definition) is 3. The molecule has 1 saturated heterocycles. The first kappa shape index (κ1) is 18.4. The Morgan fingerprint density at radius 2 is 2.24 bits per heavy atom. The van der Waals surface area contributed by atoms with Gasteiger partial charge < -0.3 is 15.4 Å². The van der Waals surface area contributed by atoms with Gasteiger partial charge in [-0.3, -0.25) is 4.79 Å². The summed E-state index contributed by atoms with van der Waals surface area (Å²) in [5.74, 6) is 0.789. The fourth-order valence-electron chi connectivity index (χ4n) is 2.17. The van der Waals surface area contributed by atoms with Gasteiger partial charge in [-0.25, -0.2) is 0 Å². The monoisotopic (exact) mass is 352 g/mol. The maximum absolute atomic E-state index is 11.9. The lowest BCUT2D eigenvalue weighted by Gasteiger charge is -2.30. The Labute approximate surface area is 140 Å². The van der Waals surface area contributed by atoms with Gasteiger partial charge in [-0.2, -0.15) is 0 Å². The molecule has 1 heterocycles. The second-order valence-electron chi connectivity index (χ2n) is 5.01. The molecule has 4 nitrogen and oxygen atoms in total. The molecule has 1 amide bonds. The molecule has 21 heavy (non-hydrogen) atoms. The van der Waals surface area contributed by atoms with Crippen LogP contribution in [0, 0.1) is 5.92 Å². The van der Waals surface area contributed by atoms with E-state index in [1.807, 2.05) is 0 Å². The van der Waals surface area contributed by atoms with Gasteiger partial charge in [-0.05, 0) is 37.1 Å². The summed E-state index contributed by atoms with van der Waals surface area (Å²) in [5, 5.41) is 7.18. The molecule has 1 aliphatic rings. The van der Waals surface area contributed by atoms with Crippen LogP contribution in [-0.4, -0.2) is 31.6 Å². The zero-order valence-corrected chi connectivity index (χ0v) is 14.0. The molecule has 2 N–H and O–H groups in total. The molecule has 118 valence electrons. The largest absolute Gasteiger partial charge is 0.482 e. The third kappa shape index (κ3) is 5.55. The third-order valence-electron chi connectivity index (χ3n) is 3.43. The lowest BCUT2D eigenvalue weighted by molar-refractivity contribution is -0.124. The van der Waals surface area contributed by atoms with Gasteiger partial charge in [0, 0.05) is 17.6 Å². The Morgan fingerprint density at radius 3 is 2.90 bits per heavy atom. The van der Waals surface area contributed by atoms with Gasteiger partial charge in [0.15, 0.2) is 6.61 Å². The summed E-state index contributed by atoms with van der Waals surface area (Å²) in [5.41, 5.74) is 0. The highest BCUT2D eigenvalue weighted by Crippen LogP contribution is 2.27. The molecule has 1 fully saturated rings. The van der Waals surface area contributed by atoms with Gasteiger partial charge >= 0.3 is 0 Å². The summed E-state index contributed by atoms with van der Waals surface area (Å²) in [7, 11) is 0. The molecule has 0 bridgehead atoms. The van der Waals surface area contributed by atoms with E-state index >= 15 is 0 Å². The number of benzene rings is 1. The number of halogens is 3. The predicted molar refractivity (Wildman–Crippen MR) is 87.8 cm³/mol. The van der Waals surface area contributed by atoms with Crippen molar-refractivity contribution in [3.8, 4) is 5.75 Å². The van der Waals surface area contributed by atoms with Gasteiger partial charge in [-0.1, -0.05) is 30.1 Å². The molecule has 2 rings (SSSR count). The van der Waals surface area contributed by atoms with Crippen molar-refractivity contribution in [2.45, 2.75) is 19.4 Å².